The first-order valence-corrected chi connectivity index (χ1v) is 14.9. The lowest BCUT2D eigenvalue weighted by Gasteiger charge is -2.49. The minimum Gasteiger partial charge on any atom is -0.503 e. The lowest BCUT2D eigenvalue weighted by atomic mass is 9.53. The van der Waals surface area contributed by atoms with Gasteiger partial charge in [0.2, 0.25) is 0 Å². The molecule has 230 valence electrons. The Kier molecular flexibility index (Phi) is 6.55. The number of nitrogens with one attached hydrogen (secondary N) is 1. The first-order valence-electron chi connectivity index (χ1n) is 14.5. The fourth-order valence-electron chi connectivity index (χ4n) is 7.41. The number of carbonyl (C=O) groups excluding carboxylic acids is 2. The fraction of sp³-hybridized carbons (Fsp3) is 0.273. The number of hydrogen-bond acceptors (Lipinski definition) is 7. The molecule has 3 aromatic carbocycles. The van der Waals surface area contributed by atoms with Crippen LogP contribution >= 0.6 is 11.6 Å². The van der Waals surface area contributed by atoms with E-state index < -0.39 is 46.5 Å². The zero-order valence-electron chi connectivity index (χ0n) is 24.7. The summed E-state index contributed by atoms with van der Waals surface area (Å²) in [6, 6.07) is 18.9. The largest absolute Gasteiger partial charge is 0.503 e. The average Bonchev–Trinajstić information content (AvgIpc) is 3.40. The summed E-state index contributed by atoms with van der Waals surface area (Å²) in [6.45, 7) is 2.03. The third-order valence-corrected chi connectivity index (χ3v) is 9.74. The molecular formula is C33H30ClN5O6. The van der Waals surface area contributed by atoms with E-state index in [2.05, 4.69) is 5.43 Å². The number of ether oxygens (including phenoxy) is 1. The monoisotopic (exact) mass is 627 g/mol. The molecule has 7 rings (SSSR count). The van der Waals surface area contributed by atoms with Crippen LogP contribution in [0.25, 0.3) is 0 Å². The number of aromatic nitrogens is 3. The number of hydrazine groups is 1. The van der Waals surface area contributed by atoms with Crippen LogP contribution in [-0.2, 0) is 28.6 Å². The molecule has 2 fully saturated rings. The summed E-state index contributed by atoms with van der Waals surface area (Å²) in [5, 5.41) is 11.7. The minimum atomic E-state index is -1.48. The molecule has 45 heavy (non-hydrogen) atoms. The number of anilines is 1. The van der Waals surface area contributed by atoms with Gasteiger partial charge in [0, 0.05) is 13.0 Å². The number of carbonyl (C=O) groups is 2. The topological polar surface area (TPSA) is 128 Å². The van der Waals surface area contributed by atoms with Crippen LogP contribution in [0.3, 0.4) is 0 Å². The number of methoxy groups -OCH3 is 1. The standard InChI is InChI=1S/C33H30ClN5O6/c1-18-9-11-21(12-10-18)35-38-29(41)23-17-25-22(13-14-37-31(43)36(2)32(44)39(25)37)27(19-15-24(34)28(40)26(16-19)45-3)33(23,30(38)42)20-7-5-4-6-8-20/h4-13,15-16,23,25,27,35,40H,14,17H2,1-3H3/t23-,25+,27-,33+/m0/s1. The van der Waals surface area contributed by atoms with Crippen molar-refractivity contribution in [3.63, 3.8) is 0 Å². The molecule has 1 saturated carbocycles. The number of amides is 2. The highest BCUT2D eigenvalue weighted by Crippen LogP contribution is 2.62. The van der Waals surface area contributed by atoms with Crippen LogP contribution in [0.4, 0.5) is 5.69 Å². The zero-order chi connectivity index (χ0) is 31.8. The van der Waals surface area contributed by atoms with Crippen LogP contribution in [0.15, 0.2) is 88.0 Å². The van der Waals surface area contributed by atoms with Crippen molar-refractivity contribution in [2.45, 2.75) is 37.3 Å². The Balaban J connectivity index is 1.52. The predicted molar refractivity (Wildman–Crippen MR) is 166 cm³/mol. The molecule has 0 unspecified atom stereocenters. The normalized spacial score (nSPS) is 23.7. The fourth-order valence-corrected chi connectivity index (χ4v) is 7.63. The number of hydrogen-bond donors (Lipinski definition) is 2. The summed E-state index contributed by atoms with van der Waals surface area (Å²) in [6.07, 6.45) is 1.94. The second-order valence-electron chi connectivity index (χ2n) is 11.7. The lowest BCUT2D eigenvalue weighted by Crippen LogP contribution is -2.53. The number of aromatic hydroxyl groups is 1. The number of phenolic OH excluding ortho intramolecular Hbond substituents is 1. The van der Waals surface area contributed by atoms with Crippen molar-refractivity contribution in [3.05, 3.63) is 121 Å². The van der Waals surface area contributed by atoms with E-state index in [0.29, 0.717) is 22.4 Å². The van der Waals surface area contributed by atoms with Crippen molar-refractivity contribution in [1.82, 2.24) is 18.9 Å². The van der Waals surface area contributed by atoms with Crippen LogP contribution in [0.5, 0.6) is 11.5 Å². The molecule has 11 nitrogen and oxygen atoms in total. The lowest BCUT2D eigenvalue weighted by molar-refractivity contribution is -0.138. The van der Waals surface area contributed by atoms with Crippen LogP contribution in [-0.4, -0.2) is 43.0 Å². The molecular weight excluding hydrogens is 598 g/mol. The van der Waals surface area contributed by atoms with Gasteiger partial charge in [-0.05, 0) is 54.3 Å². The van der Waals surface area contributed by atoms with Gasteiger partial charge in [0.25, 0.3) is 11.8 Å². The van der Waals surface area contributed by atoms with Gasteiger partial charge in [-0.15, -0.1) is 0 Å². The quantitative estimate of drug-likeness (QED) is 0.255. The van der Waals surface area contributed by atoms with Crippen LogP contribution in [0.2, 0.25) is 5.02 Å². The number of aryl methyl sites for hydroxylation is 1. The molecule has 2 aliphatic heterocycles. The number of phenols is 1. The summed E-state index contributed by atoms with van der Waals surface area (Å²) < 4.78 is 9.26. The van der Waals surface area contributed by atoms with Crippen LogP contribution in [0, 0.1) is 12.8 Å². The van der Waals surface area contributed by atoms with Crippen molar-refractivity contribution >= 4 is 29.1 Å². The zero-order valence-corrected chi connectivity index (χ0v) is 25.5. The van der Waals surface area contributed by atoms with E-state index in [1.807, 2.05) is 55.5 Å². The molecule has 12 heteroatoms. The summed E-state index contributed by atoms with van der Waals surface area (Å²) in [7, 11) is 2.81. The van der Waals surface area contributed by atoms with Gasteiger partial charge in [0.15, 0.2) is 11.5 Å². The number of fused-ring (bicyclic) bond motifs is 4. The molecule has 1 aromatic heterocycles. The molecule has 3 heterocycles. The molecule has 0 radical (unpaired) electrons. The highest BCUT2D eigenvalue weighted by atomic mass is 35.5. The average molecular weight is 628 g/mol. The third-order valence-electron chi connectivity index (χ3n) is 9.45. The van der Waals surface area contributed by atoms with Gasteiger partial charge >= 0.3 is 11.4 Å². The molecule has 3 aliphatic rings. The Morgan fingerprint density at radius 3 is 2.40 bits per heavy atom. The number of allylic oxidation sites excluding steroid dienone is 2. The van der Waals surface area contributed by atoms with Gasteiger partial charge in [0.05, 0.1) is 41.7 Å². The molecule has 1 aliphatic carbocycles. The van der Waals surface area contributed by atoms with Gasteiger partial charge in [-0.25, -0.2) is 23.5 Å². The summed E-state index contributed by atoms with van der Waals surface area (Å²) >= 11 is 6.54. The second-order valence-corrected chi connectivity index (χ2v) is 12.1. The number of rotatable bonds is 5. The first kappa shape index (κ1) is 28.7. The summed E-state index contributed by atoms with van der Waals surface area (Å²) in [5.74, 6) is -2.90. The van der Waals surface area contributed by atoms with Gasteiger partial charge in [-0.2, -0.15) is 5.01 Å². The Bertz CT molecular complexity index is 2030. The van der Waals surface area contributed by atoms with E-state index in [-0.39, 0.29) is 29.5 Å². The number of nitrogens with zero attached hydrogens (tertiary/aromatic N) is 4. The molecule has 2 N–H and O–H groups in total. The molecule has 2 amide bonds. The number of halogens is 1. The number of benzene rings is 3. The molecule has 1 saturated heterocycles. The molecule has 0 spiro atoms. The van der Waals surface area contributed by atoms with Gasteiger partial charge in [-0.3, -0.25) is 15.0 Å². The minimum absolute atomic E-state index is 0.00263. The predicted octanol–water partition coefficient (Wildman–Crippen LogP) is 3.64. The van der Waals surface area contributed by atoms with Crippen molar-refractivity contribution in [3.8, 4) is 11.5 Å². The van der Waals surface area contributed by atoms with Crippen molar-refractivity contribution in [2.75, 3.05) is 12.5 Å². The Morgan fingerprint density at radius 2 is 1.71 bits per heavy atom. The van der Waals surface area contributed by atoms with Crippen LogP contribution in [0.1, 0.15) is 35.1 Å². The smallest absolute Gasteiger partial charge is 0.347 e. The van der Waals surface area contributed by atoms with Crippen molar-refractivity contribution in [2.24, 2.45) is 13.0 Å². The maximum atomic E-state index is 15.1. The van der Waals surface area contributed by atoms with Crippen LogP contribution < -0.4 is 21.5 Å². The van der Waals surface area contributed by atoms with E-state index in [1.54, 1.807) is 24.3 Å². The highest BCUT2D eigenvalue weighted by molar-refractivity contribution is 6.32. The molecule has 4 aromatic rings. The van der Waals surface area contributed by atoms with E-state index in [1.165, 1.54) is 23.5 Å². The summed E-state index contributed by atoms with van der Waals surface area (Å²) in [4.78, 5) is 56.1. The van der Waals surface area contributed by atoms with Gasteiger partial charge in [0.1, 0.15) is 0 Å². The van der Waals surface area contributed by atoms with Gasteiger partial charge in [-0.1, -0.05) is 65.7 Å². The first-order chi connectivity index (χ1) is 21.6. The Hall–Kier alpha value is -5.03. The third kappa shape index (κ3) is 3.96. The second kappa shape index (κ2) is 10.3. The van der Waals surface area contributed by atoms with E-state index in [0.717, 1.165) is 15.1 Å². The van der Waals surface area contributed by atoms with Gasteiger partial charge < -0.3 is 9.84 Å². The SMILES string of the molecule is COc1cc([C@H]2C3=CCn4c(=O)n(C)c(=O)n4[C@@H]3C[C@H]3C(=O)N(Nc4ccc(C)cc4)C(=O)[C@@]23c2ccccc2)cc(Cl)c1O. The van der Waals surface area contributed by atoms with Crippen molar-refractivity contribution < 1.29 is 19.4 Å². The van der Waals surface area contributed by atoms with Crippen molar-refractivity contribution in [1.29, 1.82) is 0 Å². The maximum absolute atomic E-state index is 15.1. The number of imide groups is 1. The molecule has 0 bridgehead atoms. The summed E-state index contributed by atoms with van der Waals surface area (Å²) in [5.41, 5.74) is 3.96. The molecule has 4 atom stereocenters. The Labute approximate surface area is 262 Å². The Morgan fingerprint density at radius 1 is 1.00 bits per heavy atom. The maximum Gasteiger partial charge on any atom is 0.347 e. The highest BCUT2D eigenvalue weighted by Gasteiger charge is 2.68. The van der Waals surface area contributed by atoms with E-state index in [9.17, 15) is 19.5 Å². The van der Waals surface area contributed by atoms with E-state index in [4.69, 9.17) is 16.3 Å². The van der Waals surface area contributed by atoms with E-state index >= 15 is 4.79 Å².